The average Bonchev–Trinajstić information content (AvgIpc) is 2.36. The second kappa shape index (κ2) is 7.09. The zero-order valence-corrected chi connectivity index (χ0v) is 10.5. The largest absolute Gasteiger partial charge is 0.462 e. The molecule has 4 nitrogen and oxygen atoms in total. The van der Waals surface area contributed by atoms with Gasteiger partial charge in [0, 0.05) is 25.1 Å². The number of esters is 1. The summed E-state index contributed by atoms with van der Waals surface area (Å²) in [5.74, 6) is 0.0506. The van der Waals surface area contributed by atoms with Crippen LogP contribution < -0.4 is 0 Å². The molecule has 0 saturated carbocycles. The van der Waals surface area contributed by atoms with Gasteiger partial charge in [-0.05, 0) is 25.7 Å². The highest BCUT2D eigenvalue weighted by Gasteiger charge is 2.26. The zero-order valence-electron chi connectivity index (χ0n) is 10.5. The van der Waals surface area contributed by atoms with Gasteiger partial charge in [0.25, 0.3) is 0 Å². The molecule has 17 heavy (non-hydrogen) atoms. The summed E-state index contributed by atoms with van der Waals surface area (Å²) in [4.78, 5) is 24.6. The maximum Gasteiger partial charge on any atom is 0.330 e. The van der Waals surface area contributed by atoms with E-state index in [9.17, 15) is 9.59 Å². The minimum absolute atomic E-state index is 0.194. The van der Waals surface area contributed by atoms with Gasteiger partial charge >= 0.3 is 5.97 Å². The van der Waals surface area contributed by atoms with Crippen molar-refractivity contribution in [2.45, 2.75) is 32.6 Å². The predicted octanol–water partition coefficient (Wildman–Crippen LogP) is 1.75. The van der Waals surface area contributed by atoms with E-state index in [1.807, 2.05) is 4.90 Å². The molecule has 1 amide bonds. The number of piperidine rings is 1. The van der Waals surface area contributed by atoms with Crippen molar-refractivity contribution >= 4 is 11.9 Å². The standard InChI is InChI=1S/C13H21NO3/c1-3-11-7-5-8-14(13(11)16)9-6-10-17-12(15)4-2/h4,11H,2-3,5-10H2,1H3. The summed E-state index contributed by atoms with van der Waals surface area (Å²) in [6.45, 7) is 7.25. The number of carbonyl (C=O) groups is 2. The normalized spacial score (nSPS) is 20.2. The number of ether oxygens (including phenoxy) is 1. The van der Waals surface area contributed by atoms with Gasteiger partial charge in [0.1, 0.15) is 0 Å². The molecule has 1 aliphatic heterocycles. The van der Waals surface area contributed by atoms with Crippen LogP contribution in [0, 0.1) is 5.92 Å². The molecule has 4 heteroatoms. The van der Waals surface area contributed by atoms with Gasteiger partial charge in [-0.2, -0.15) is 0 Å². The van der Waals surface area contributed by atoms with Crippen LogP contribution in [-0.4, -0.2) is 36.5 Å². The molecule has 0 aromatic carbocycles. The van der Waals surface area contributed by atoms with E-state index < -0.39 is 5.97 Å². The van der Waals surface area contributed by atoms with Crippen molar-refractivity contribution in [3.63, 3.8) is 0 Å². The lowest BCUT2D eigenvalue weighted by Crippen LogP contribution is -2.41. The molecule has 0 bridgehead atoms. The number of likely N-dealkylation sites (tertiary alicyclic amines) is 1. The van der Waals surface area contributed by atoms with Gasteiger partial charge in [0.05, 0.1) is 6.61 Å². The molecule has 1 unspecified atom stereocenters. The molecule has 1 aliphatic rings. The molecular formula is C13H21NO3. The Bertz CT molecular complexity index is 288. The van der Waals surface area contributed by atoms with Gasteiger partial charge in [-0.15, -0.1) is 0 Å². The van der Waals surface area contributed by atoms with Gasteiger partial charge in [-0.1, -0.05) is 13.5 Å². The van der Waals surface area contributed by atoms with Crippen LogP contribution in [0.5, 0.6) is 0 Å². The van der Waals surface area contributed by atoms with E-state index in [1.165, 1.54) is 0 Å². The Labute approximate surface area is 103 Å². The van der Waals surface area contributed by atoms with Crippen LogP contribution in [0.15, 0.2) is 12.7 Å². The summed E-state index contributed by atoms with van der Waals surface area (Å²) >= 11 is 0. The van der Waals surface area contributed by atoms with Crippen molar-refractivity contribution in [3.05, 3.63) is 12.7 Å². The Balaban J connectivity index is 2.24. The fourth-order valence-electron chi connectivity index (χ4n) is 2.11. The van der Waals surface area contributed by atoms with Crippen molar-refractivity contribution in [3.8, 4) is 0 Å². The summed E-state index contributed by atoms with van der Waals surface area (Å²) in [7, 11) is 0. The number of carbonyl (C=O) groups excluding carboxylic acids is 2. The van der Waals surface area contributed by atoms with Crippen molar-refractivity contribution < 1.29 is 14.3 Å². The van der Waals surface area contributed by atoms with E-state index in [1.54, 1.807) is 0 Å². The fourth-order valence-corrected chi connectivity index (χ4v) is 2.11. The Hall–Kier alpha value is -1.32. The van der Waals surface area contributed by atoms with Crippen LogP contribution in [-0.2, 0) is 14.3 Å². The van der Waals surface area contributed by atoms with Crippen LogP contribution >= 0.6 is 0 Å². The predicted molar refractivity (Wildman–Crippen MR) is 65.4 cm³/mol. The lowest BCUT2D eigenvalue weighted by molar-refractivity contribution is -0.139. The molecule has 1 heterocycles. The summed E-state index contributed by atoms with van der Waals surface area (Å²) in [5, 5.41) is 0. The Kier molecular flexibility index (Phi) is 5.73. The average molecular weight is 239 g/mol. The third-order valence-electron chi connectivity index (χ3n) is 3.12. The molecule has 0 aromatic heterocycles. The van der Waals surface area contributed by atoms with Crippen LogP contribution in [0.25, 0.3) is 0 Å². The molecule has 0 spiro atoms. The quantitative estimate of drug-likeness (QED) is 0.403. The second-order valence-corrected chi connectivity index (χ2v) is 4.30. The van der Waals surface area contributed by atoms with Crippen molar-refractivity contribution in [2.24, 2.45) is 5.92 Å². The summed E-state index contributed by atoms with van der Waals surface area (Å²) < 4.78 is 4.88. The van der Waals surface area contributed by atoms with Gasteiger partial charge in [-0.25, -0.2) is 4.79 Å². The van der Waals surface area contributed by atoms with E-state index in [0.29, 0.717) is 19.6 Å². The van der Waals surface area contributed by atoms with Crippen LogP contribution in [0.2, 0.25) is 0 Å². The smallest absolute Gasteiger partial charge is 0.330 e. The van der Waals surface area contributed by atoms with E-state index in [-0.39, 0.29) is 11.8 Å². The number of nitrogens with zero attached hydrogens (tertiary/aromatic N) is 1. The zero-order chi connectivity index (χ0) is 12.7. The first-order valence-corrected chi connectivity index (χ1v) is 6.27. The van der Waals surface area contributed by atoms with Crippen molar-refractivity contribution in [1.29, 1.82) is 0 Å². The molecule has 0 N–H and O–H groups in total. The number of rotatable bonds is 6. The minimum atomic E-state index is -0.401. The van der Waals surface area contributed by atoms with E-state index in [2.05, 4.69) is 13.5 Å². The summed E-state index contributed by atoms with van der Waals surface area (Å²) in [6.07, 6.45) is 4.86. The SMILES string of the molecule is C=CC(=O)OCCCN1CCCC(CC)C1=O. The van der Waals surface area contributed by atoms with E-state index in [4.69, 9.17) is 4.74 Å². The first kappa shape index (κ1) is 13.7. The van der Waals surface area contributed by atoms with Crippen molar-refractivity contribution in [1.82, 2.24) is 4.90 Å². The molecule has 0 aromatic rings. The van der Waals surface area contributed by atoms with Crippen LogP contribution in [0.4, 0.5) is 0 Å². The van der Waals surface area contributed by atoms with Crippen LogP contribution in [0.3, 0.4) is 0 Å². The molecule has 0 aliphatic carbocycles. The second-order valence-electron chi connectivity index (χ2n) is 4.30. The number of amides is 1. The fraction of sp³-hybridized carbons (Fsp3) is 0.692. The Morgan fingerprint density at radius 3 is 3.06 bits per heavy atom. The topological polar surface area (TPSA) is 46.6 Å². The number of hydrogen-bond donors (Lipinski definition) is 0. The van der Waals surface area contributed by atoms with Gasteiger partial charge in [-0.3, -0.25) is 4.79 Å². The Morgan fingerprint density at radius 2 is 2.41 bits per heavy atom. The monoisotopic (exact) mass is 239 g/mol. The highest BCUT2D eigenvalue weighted by Crippen LogP contribution is 2.20. The lowest BCUT2D eigenvalue weighted by Gasteiger charge is -2.31. The van der Waals surface area contributed by atoms with E-state index in [0.717, 1.165) is 31.9 Å². The van der Waals surface area contributed by atoms with Gasteiger partial charge in [0.15, 0.2) is 0 Å². The lowest BCUT2D eigenvalue weighted by atomic mass is 9.94. The van der Waals surface area contributed by atoms with E-state index >= 15 is 0 Å². The van der Waals surface area contributed by atoms with Gasteiger partial charge in [0.2, 0.25) is 5.91 Å². The van der Waals surface area contributed by atoms with Gasteiger partial charge < -0.3 is 9.64 Å². The maximum atomic E-state index is 11.9. The Morgan fingerprint density at radius 1 is 1.65 bits per heavy atom. The number of hydrogen-bond acceptors (Lipinski definition) is 3. The third kappa shape index (κ3) is 4.21. The maximum absolute atomic E-state index is 11.9. The minimum Gasteiger partial charge on any atom is -0.462 e. The first-order valence-electron chi connectivity index (χ1n) is 6.27. The molecule has 1 atom stereocenters. The molecule has 1 fully saturated rings. The summed E-state index contributed by atoms with van der Waals surface area (Å²) in [5.41, 5.74) is 0. The van der Waals surface area contributed by atoms with Crippen molar-refractivity contribution in [2.75, 3.05) is 19.7 Å². The first-order chi connectivity index (χ1) is 8.19. The highest BCUT2D eigenvalue weighted by atomic mass is 16.5. The molecule has 96 valence electrons. The third-order valence-corrected chi connectivity index (χ3v) is 3.12. The summed E-state index contributed by atoms with van der Waals surface area (Å²) in [6, 6.07) is 0. The molecule has 1 saturated heterocycles. The molecule has 0 radical (unpaired) electrons. The molecular weight excluding hydrogens is 218 g/mol. The van der Waals surface area contributed by atoms with Crippen LogP contribution in [0.1, 0.15) is 32.6 Å². The molecule has 1 rings (SSSR count). The highest BCUT2D eigenvalue weighted by molar-refractivity contribution is 5.81.